The minimum absolute atomic E-state index is 0.0875. The number of carbonyl (C=O) groups excluding carboxylic acids is 2. The van der Waals surface area contributed by atoms with Gasteiger partial charge in [0.1, 0.15) is 5.82 Å². The largest absolute Gasteiger partial charge is 0.345 e. The summed E-state index contributed by atoms with van der Waals surface area (Å²) in [6, 6.07) is 15.9. The lowest BCUT2D eigenvalue weighted by Crippen LogP contribution is -2.39. The van der Waals surface area contributed by atoms with Crippen molar-refractivity contribution in [2.45, 2.75) is 38.6 Å². The van der Waals surface area contributed by atoms with E-state index in [0.717, 1.165) is 62.1 Å². The van der Waals surface area contributed by atoms with Crippen LogP contribution in [0.15, 0.2) is 48.5 Å². The number of para-hydroxylation sites is 2. The standard InChI is InChI=1S/C26H30N4O2/c1-29-23-5-3-2-4-22(23)28-24(29)17-27-25(31)20-8-6-18(7-9-20)16-19-12-14-30(15-13-19)26(32)21-10-11-21/h2-9,19,21H,10-17H2,1H3,(H,27,31). The predicted molar refractivity (Wildman–Crippen MR) is 124 cm³/mol. The van der Waals surface area contributed by atoms with Crippen LogP contribution in [0.5, 0.6) is 0 Å². The van der Waals surface area contributed by atoms with Crippen molar-refractivity contribution in [3.63, 3.8) is 0 Å². The Morgan fingerprint density at radius 1 is 1.00 bits per heavy atom. The second-order valence-corrected chi connectivity index (χ2v) is 9.20. The monoisotopic (exact) mass is 430 g/mol. The van der Waals surface area contributed by atoms with Crippen molar-refractivity contribution in [1.82, 2.24) is 19.8 Å². The van der Waals surface area contributed by atoms with Crippen LogP contribution in [0.2, 0.25) is 0 Å². The van der Waals surface area contributed by atoms with Crippen LogP contribution in [0, 0.1) is 11.8 Å². The molecule has 2 fully saturated rings. The number of aryl methyl sites for hydroxylation is 1. The molecule has 1 aliphatic heterocycles. The Balaban J connectivity index is 1.13. The van der Waals surface area contributed by atoms with E-state index in [0.29, 0.717) is 29.9 Å². The lowest BCUT2D eigenvalue weighted by molar-refractivity contribution is -0.133. The van der Waals surface area contributed by atoms with Crippen LogP contribution in [0.1, 0.15) is 47.4 Å². The van der Waals surface area contributed by atoms with Gasteiger partial charge in [0, 0.05) is 31.6 Å². The van der Waals surface area contributed by atoms with Crippen LogP contribution in [-0.4, -0.2) is 39.4 Å². The van der Waals surface area contributed by atoms with E-state index >= 15 is 0 Å². The van der Waals surface area contributed by atoms with Gasteiger partial charge in [0.25, 0.3) is 5.91 Å². The molecular formula is C26H30N4O2. The topological polar surface area (TPSA) is 67.2 Å². The van der Waals surface area contributed by atoms with E-state index in [1.807, 2.05) is 48.0 Å². The third-order valence-corrected chi connectivity index (χ3v) is 6.88. The van der Waals surface area contributed by atoms with Crippen molar-refractivity contribution < 1.29 is 9.59 Å². The van der Waals surface area contributed by atoms with Gasteiger partial charge in [-0.1, -0.05) is 24.3 Å². The van der Waals surface area contributed by atoms with E-state index in [9.17, 15) is 9.59 Å². The quantitative estimate of drug-likeness (QED) is 0.649. The molecule has 1 aliphatic carbocycles. The highest BCUT2D eigenvalue weighted by Crippen LogP contribution is 2.33. The molecule has 0 radical (unpaired) electrons. The zero-order valence-corrected chi connectivity index (χ0v) is 18.6. The molecule has 1 saturated carbocycles. The molecule has 2 amide bonds. The lowest BCUT2D eigenvalue weighted by atomic mass is 9.89. The van der Waals surface area contributed by atoms with Gasteiger partial charge in [0.05, 0.1) is 17.6 Å². The predicted octanol–water partition coefficient (Wildman–Crippen LogP) is 3.69. The molecule has 0 unspecified atom stereocenters. The Bertz CT molecular complexity index is 1120. The Labute approximate surface area is 188 Å². The highest BCUT2D eigenvalue weighted by molar-refractivity contribution is 5.94. The van der Waals surface area contributed by atoms with E-state index in [2.05, 4.69) is 27.3 Å². The summed E-state index contributed by atoms with van der Waals surface area (Å²) in [4.78, 5) is 31.5. The molecule has 6 nitrogen and oxygen atoms in total. The SMILES string of the molecule is Cn1c(CNC(=O)c2ccc(CC3CCN(C(=O)C4CC4)CC3)cc2)nc2ccccc21. The van der Waals surface area contributed by atoms with Crippen molar-refractivity contribution in [2.24, 2.45) is 18.9 Å². The highest BCUT2D eigenvalue weighted by Gasteiger charge is 2.34. The number of aromatic nitrogens is 2. The third-order valence-electron chi connectivity index (χ3n) is 6.88. The summed E-state index contributed by atoms with van der Waals surface area (Å²) in [6.07, 6.45) is 5.30. The first-order valence-corrected chi connectivity index (χ1v) is 11.6. The number of carbonyl (C=O) groups is 2. The molecule has 2 aliphatic rings. The summed E-state index contributed by atoms with van der Waals surface area (Å²) < 4.78 is 2.02. The molecule has 0 bridgehead atoms. The molecule has 3 aromatic rings. The fourth-order valence-electron chi connectivity index (χ4n) is 4.69. The van der Waals surface area contributed by atoms with Gasteiger partial charge in [-0.05, 0) is 67.9 Å². The van der Waals surface area contributed by atoms with Crippen molar-refractivity contribution >= 4 is 22.8 Å². The summed E-state index contributed by atoms with van der Waals surface area (Å²) >= 11 is 0. The van der Waals surface area contributed by atoms with Crippen LogP contribution in [0.25, 0.3) is 11.0 Å². The molecule has 1 saturated heterocycles. The molecule has 166 valence electrons. The Hall–Kier alpha value is -3.15. The van der Waals surface area contributed by atoms with E-state index < -0.39 is 0 Å². The first-order chi connectivity index (χ1) is 15.6. The maximum Gasteiger partial charge on any atom is 0.251 e. The summed E-state index contributed by atoms with van der Waals surface area (Å²) in [5.41, 5.74) is 3.91. The maximum absolute atomic E-state index is 12.6. The van der Waals surface area contributed by atoms with Crippen LogP contribution in [0.3, 0.4) is 0 Å². The van der Waals surface area contributed by atoms with Gasteiger partial charge in [-0.2, -0.15) is 0 Å². The first-order valence-electron chi connectivity index (χ1n) is 11.6. The normalized spacial score (nSPS) is 17.0. The molecular weight excluding hydrogens is 400 g/mol. The van der Waals surface area contributed by atoms with Crippen LogP contribution >= 0.6 is 0 Å². The minimum atomic E-state index is -0.0875. The van der Waals surface area contributed by atoms with Gasteiger partial charge in [-0.25, -0.2) is 4.98 Å². The van der Waals surface area contributed by atoms with Crippen LogP contribution < -0.4 is 5.32 Å². The minimum Gasteiger partial charge on any atom is -0.345 e. The van der Waals surface area contributed by atoms with Crippen molar-refractivity contribution in [1.29, 1.82) is 0 Å². The Kier molecular flexibility index (Phi) is 5.68. The average molecular weight is 431 g/mol. The number of amides is 2. The first kappa shape index (κ1) is 20.7. The fourth-order valence-corrected chi connectivity index (χ4v) is 4.69. The van der Waals surface area contributed by atoms with Gasteiger partial charge in [-0.15, -0.1) is 0 Å². The number of fused-ring (bicyclic) bond motifs is 1. The summed E-state index contributed by atoms with van der Waals surface area (Å²) in [5, 5.41) is 2.99. The molecule has 32 heavy (non-hydrogen) atoms. The molecule has 0 atom stereocenters. The number of benzene rings is 2. The van der Waals surface area contributed by atoms with Gasteiger partial charge < -0.3 is 14.8 Å². The van der Waals surface area contributed by atoms with E-state index in [4.69, 9.17) is 0 Å². The number of piperidine rings is 1. The molecule has 2 heterocycles. The van der Waals surface area contributed by atoms with Crippen molar-refractivity contribution in [3.8, 4) is 0 Å². The van der Waals surface area contributed by atoms with Crippen molar-refractivity contribution in [3.05, 3.63) is 65.5 Å². The zero-order chi connectivity index (χ0) is 22.1. The molecule has 1 N–H and O–H groups in total. The average Bonchev–Trinajstić information content (AvgIpc) is 3.63. The smallest absolute Gasteiger partial charge is 0.251 e. The maximum atomic E-state index is 12.6. The zero-order valence-electron chi connectivity index (χ0n) is 18.6. The number of nitrogens with zero attached hydrogens (tertiary/aromatic N) is 3. The number of hydrogen-bond acceptors (Lipinski definition) is 3. The second-order valence-electron chi connectivity index (χ2n) is 9.20. The summed E-state index contributed by atoms with van der Waals surface area (Å²) in [7, 11) is 1.97. The van der Waals surface area contributed by atoms with E-state index in [1.54, 1.807) is 0 Å². The van der Waals surface area contributed by atoms with Crippen LogP contribution in [-0.2, 0) is 24.8 Å². The van der Waals surface area contributed by atoms with Gasteiger partial charge in [0.15, 0.2) is 0 Å². The third kappa shape index (κ3) is 4.40. The van der Waals surface area contributed by atoms with E-state index in [1.165, 1.54) is 5.56 Å². The van der Waals surface area contributed by atoms with Crippen LogP contribution in [0.4, 0.5) is 0 Å². The molecule has 2 aromatic carbocycles. The molecule has 5 rings (SSSR count). The lowest BCUT2D eigenvalue weighted by Gasteiger charge is -2.32. The molecule has 0 spiro atoms. The number of rotatable bonds is 6. The number of nitrogens with one attached hydrogen (secondary N) is 1. The van der Waals surface area contributed by atoms with Gasteiger partial charge in [0.2, 0.25) is 5.91 Å². The number of hydrogen-bond donors (Lipinski definition) is 1. The Morgan fingerprint density at radius 3 is 2.41 bits per heavy atom. The second kappa shape index (κ2) is 8.77. The number of likely N-dealkylation sites (tertiary alicyclic amines) is 1. The Morgan fingerprint density at radius 2 is 1.72 bits per heavy atom. The van der Waals surface area contributed by atoms with Gasteiger partial charge in [-0.3, -0.25) is 9.59 Å². The fraction of sp³-hybridized carbons (Fsp3) is 0.423. The molecule has 1 aromatic heterocycles. The molecule has 6 heteroatoms. The van der Waals surface area contributed by atoms with Crippen molar-refractivity contribution in [2.75, 3.05) is 13.1 Å². The van der Waals surface area contributed by atoms with E-state index in [-0.39, 0.29) is 5.91 Å². The highest BCUT2D eigenvalue weighted by atomic mass is 16.2. The number of imidazole rings is 1. The summed E-state index contributed by atoms with van der Waals surface area (Å²) in [5.74, 6) is 2.05. The van der Waals surface area contributed by atoms with Gasteiger partial charge >= 0.3 is 0 Å². The summed E-state index contributed by atoms with van der Waals surface area (Å²) in [6.45, 7) is 2.18.